The minimum atomic E-state index is 0.654. The zero-order valence-electron chi connectivity index (χ0n) is 11.2. The average Bonchev–Trinajstić information content (AvgIpc) is 3.03. The van der Waals surface area contributed by atoms with Crippen molar-refractivity contribution in [3.8, 4) is 0 Å². The van der Waals surface area contributed by atoms with Gasteiger partial charge >= 0.3 is 0 Å². The number of hydrogen-bond acceptors (Lipinski definition) is 4. The second-order valence-corrected chi connectivity index (χ2v) is 6.46. The number of likely N-dealkylation sites (N-methyl/N-ethyl adjacent to an activating group) is 1. The smallest absolute Gasteiger partial charge is 0.185 e. The van der Waals surface area contributed by atoms with Gasteiger partial charge < -0.3 is 10.2 Å². The van der Waals surface area contributed by atoms with Crippen molar-refractivity contribution in [2.24, 2.45) is 0 Å². The molecule has 4 heteroatoms. The zero-order chi connectivity index (χ0) is 12.4. The highest BCUT2D eigenvalue weighted by atomic mass is 32.1. The van der Waals surface area contributed by atoms with Crippen molar-refractivity contribution in [3.05, 3.63) is 10.6 Å². The summed E-state index contributed by atoms with van der Waals surface area (Å²) < 4.78 is 0. The lowest BCUT2D eigenvalue weighted by Gasteiger charge is -2.21. The molecular formula is C14H23N3S. The molecule has 0 amide bonds. The second-order valence-electron chi connectivity index (χ2n) is 5.40. The van der Waals surface area contributed by atoms with Crippen molar-refractivity contribution in [2.75, 3.05) is 31.1 Å². The number of aryl methyl sites for hydroxylation is 1. The van der Waals surface area contributed by atoms with Crippen LogP contribution in [-0.4, -0.2) is 31.2 Å². The molecule has 100 valence electrons. The summed E-state index contributed by atoms with van der Waals surface area (Å²) in [4.78, 5) is 9.01. The third-order valence-electron chi connectivity index (χ3n) is 4.08. The van der Waals surface area contributed by atoms with Gasteiger partial charge in [-0.25, -0.2) is 4.98 Å². The summed E-state index contributed by atoms with van der Waals surface area (Å²) in [5.74, 6) is 0.654. The highest BCUT2D eigenvalue weighted by Gasteiger charge is 2.26. The zero-order valence-corrected chi connectivity index (χ0v) is 12.1. The lowest BCUT2D eigenvalue weighted by molar-refractivity contribution is 0.509. The van der Waals surface area contributed by atoms with E-state index in [1.807, 2.05) is 11.3 Å². The quantitative estimate of drug-likeness (QED) is 0.907. The van der Waals surface area contributed by atoms with E-state index in [1.54, 1.807) is 4.88 Å². The molecule has 1 aliphatic heterocycles. The maximum Gasteiger partial charge on any atom is 0.185 e. The molecule has 1 fully saturated rings. The molecule has 1 unspecified atom stereocenters. The Morgan fingerprint density at radius 1 is 1.33 bits per heavy atom. The second kappa shape index (κ2) is 5.57. The Morgan fingerprint density at radius 2 is 2.17 bits per heavy atom. The number of hydrogen-bond donors (Lipinski definition) is 1. The van der Waals surface area contributed by atoms with Gasteiger partial charge in [0.05, 0.1) is 5.69 Å². The number of thiazole rings is 1. The topological polar surface area (TPSA) is 28.2 Å². The van der Waals surface area contributed by atoms with Crippen LogP contribution in [0.3, 0.4) is 0 Å². The SMILES string of the molecule is CCNCC1CCCc2sc(N3CCCC3)nc21. The normalized spacial score (nSPS) is 23.4. The Hall–Kier alpha value is -0.610. The molecule has 2 aliphatic rings. The monoisotopic (exact) mass is 265 g/mol. The number of anilines is 1. The van der Waals surface area contributed by atoms with Crippen LogP contribution in [-0.2, 0) is 6.42 Å². The maximum absolute atomic E-state index is 4.97. The maximum atomic E-state index is 4.97. The van der Waals surface area contributed by atoms with Crippen LogP contribution in [0.2, 0.25) is 0 Å². The molecule has 1 aromatic rings. The molecule has 18 heavy (non-hydrogen) atoms. The molecule has 1 aromatic heterocycles. The van der Waals surface area contributed by atoms with E-state index >= 15 is 0 Å². The molecule has 0 aromatic carbocycles. The van der Waals surface area contributed by atoms with E-state index in [-0.39, 0.29) is 0 Å². The summed E-state index contributed by atoms with van der Waals surface area (Å²) in [6.45, 7) is 6.77. The van der Waals surface area contributed by atoms with Gasteiger partial charge in [-0.3, -0.25) is 0 Å². The Labute approximate surface area is 114 Å². The first-order valence-corrected chi connectivity index (χ1v) is 8.15. The van der Waals surface area contributed by atoms with Crippen molar-refractivity contribution >= 4 is 16.5 Å². The van der Waals surface area contributed by atoms with Crippen LogP contribution < -0.4 is 10.2 Å². The van der Waals surface area contributed by atoms with Crippen molar-refractivity contribution in [2.45, 2.75) is 44.9 Å². The molecule has 0 saturated carbocycles. The number of fused-ring (bicyclic) bond motifs is 1. The van der Waals surface area contributed by atoms with Gasteiger partial charge in [0.1, 0.15) is 0 Å². The summed E-state index contributed by atoms with van der Waals surface area (Å²) in [7, 11) is 0. The van der Waals surface area contributed by atoms with Gasteiger partial charge in [-0.15, -0.1) is 11.3 Å². The molecule has 3 rings (SSSR count). The molecule has 1 N–H and O–H groups in total. The third-order valence-corrected chi connectivity index (χ3v) is 5.27. The number of aromatic nitrogens is 1. The van der Waals surface area contributed by atoms with Gasteiger partial charge in [-0.2, -0.15) is 0 Å². The minimum Gasteiger partial charge on any atom is -0.348 e. The third kappa shape index (κ3) is 2.41. The van der Waals surface area contributed by atoms with E-state index in [0.29, 0.717) is 5.92 Å². The molecule has 1 saturated heterocycles. The summed E-state index contributed by atoms with van der Waals surface area (Å²) in [5, 5.41) is 4.78. The van der Waals surface area contributed by atoms with Crippen LogP contribution in [0.15, 0.2) is 0 Å². The highest BCUT2D eigenvalue weighted by Crippen LogP contribution is 2.38. The molecule has 0 radical (unpaired) electrons. The standard InChI is InChI=1S/C14H23N3S/c1-2-15-10-11-6-5-7-12-13(11)16-14(18-12)17-8-3-4-9-17/h11,15H,2-10H2,1H3. The number of nitrogens with zero attached hydrogens (tertiary/aromatic N) is 2. The highest BCUT2D eigenvalue weighted by molar-refractivity contribution is 7.15. The van der Waals surface area contributed by atoms with E-state index in [4.69, 9.17) is 4.98 Å². The van der Waals surface area contributed by atoms with Crippen LogP contribution >= 0.6 is 11.3 Å². The largest absolute Gasteiger partial charge is 0.348 e. The molecule has 0 spiro atoms. The molecular weight excluding hydrogens is 242 g/mol. The Kier molecular flexibility index (Phi) is 3.85. The predicted molar refractivity (Wildman–Crippen MR) is 77.8 cm³/mol. The van der Waals surface area contributed by atoms with E-state index in [1.165, 1.54) is 56.0 Å². The van der Waals surface area contributed by atoms with Crippen molar-refractivity contribution in [1.29, 1.82) is 0 Å². The van der Waals surface area contributed by atoms with Crippen LogP contribution in [0.1, 0.15) is 49.1 Å². The fourth-order valence-corrected chi connectivity index (χ4v) is 4.29. The van der Waals surface area contributed by atoms with Gasteiger partial charge in [0.25, 0.3) is 0 Å². The van der Waals surface area contributed by atoms with Crippen LogP contribution in [0, 0.1) is 0 Å². The van der Waals surface area contributed by atoms with Crippen molar-refractivity contribution < 1.29 is 0 Å². The Morgan fingerprint density at radius 3 is 2.94 bits per heavy atom. The lowest BCUT2D eigenvalue weighted by Crippen LogP contribution is -2.24. The Bertz CT molecular complexity index is 396. The summed E-state index contributed by atoms with van der Waals surface area (Å²) in [5.41, 5.74) is 1.41. The fraction of sp³-hybridized carbons (Fsp3) is 0.786. The molecule has 1 atom stereocenters. The van der Waals surface area contributed by atoms with Gasteiger partial charge in [-0.05, 0) is 38.6 Å². The van der Waals surface area contributed by atoms with E-state index in [0.717, 1.165) is 13.1 Å². The lowest BCUT2D eigenvalue weighted by atomic mass is 9.91. The van der Waals surface area contributed by atoms with E-state index < -0.39 is 0 Å². The first-order chi connectivity index (χ1) is 8.88. The molecule has 3 nitrogen and oxygen atoms in total. The molecule has 2 heterocycles. The number of nitrogens with one attached hydrogen (secondary N) is 1. The fourth-order valence-electron chi connectivity index (χ4n) is 3.06. The minimum absolute atomic E-state index is 0.654. The van der Waals surface area contributed by atoms with Gasteiger partial charge in [0.15, 0.2) is 5.13 Å². The molecule has 0 bridgehead atoms. The number of rotatable bonds is 4. The Balaban J connectivity index is 1.78. The van der Waals surface area contributed by atoms with Crippen LogP contribution in [0.4, 0.5) is 5.13 Å². The first-order valence-electron chi connectivity index (χ1n) is 7.33. The van der Waals surface area contributed by atoms with Gasteiger partial charge in [0.2, 0.25) is 0 Å². The molecule has 1 aliphatic carbocycles. The van der Waals surface area contributed by atoms with E-state index in [2.05, 4.69) is 17.1 Å². The summed E-state index contributed by atoms with van der Waals surface area (Å²) >= 11 is 1.96. The van der Waals surface area contributed by atoms with Crippen LogP contribution in [0.25, 0.3) is 0 Å². The van der Waals surface area contributed by atoms with Gasteiger partial charge in [0, 0.05) is 30.4 Å². The van der Waals surface area contributed by atoms with E-state index in [9.17, 15) is 0 Å². The van der Waals surface area contributed by atoms with Gasteiger partial charge in [-0.1, -0.05) is 6.92 Å². The predicted octanol–water partition coefficient (Wildman–Crippen LogP) is 2.77. The first kappa shape index (κ1) is 12.4. The van der Waals surface area contributed by atoms with Crippen molar-refractivity contribution in [1.82, 2.24) is 10.3 Å². The summed E-state index contributed by atoms with van der Waals surface area (Å²) in [6, 6.07) is 0. The summed E-state index contributed by atoms with van der Waals surface area (Å²) in [6.07, 6.45) is 6.58. The van der Waals surface area contributed by atoms with Crippen molar-refractivity contribution in [3.63, 3.8) is 0 Å². The average molecular weight is 265 g/mol. The van der Waals surface area contributed by atoms with Crippen LogP contribution in [0.5, 0.6) is 0 Å².